The van der Waals surface area contributed by atoms with Crippen LogP contribution in [-0.2, 0) is 0 Å². The Kier molecular flexibility index (Phi) is 3.47. The van der Waals surface area contributed by atoms with Crippen LogP contribution in [-0.4, -0.2) is 28.2 Å². The number of benzene rings is 1. The summed E-state index contributed by atoms with van der Waals surface area (Å²) in [6.07, 6.45) is 0. The van der Waals surface area contributed by atoms with Crippen molar-refractivity contribution in [2.24, 2.45) is 0 Å². The van der Waals surface area contributed by atoms with E-state index >= 15 is 0 Å². The molecule has 0 spiro atoms. The third-order valence-electron chi connectivity index (χ3n) is 2.18. The van der Waals surface area contributed by atoms with Crippen molar-refractivity contribution in [3.63, 3.8) is 0 Å². The lowest BCUT2D eigenvalue weighted by atomic mass is 10.1. The van der Waals surface area contributed by atoms with Crippen LogP contribution in [0.25, 0.3) is 0 Å². The topological polar surface area (TPSA) is 79.9 Å². The van der Waals surface area contributed by atoms with E-state index in [9.17, 15) is 4.79 Å². The van der Waals surface area contributed by atoms with Gasteiger partial charge in [-0.05, 0) is 30.7 Å². The van der Waals surface area contributed by atoms with Crippen LogP contribution in [0.15, 0.2) is 18.2 Å². The fourth-order valence-electron chi connectivity index (χ4n) is 1.44. The molecule has 0 bridgehead atoms. The predicted octanol–water partition coefficient (Wildman–Crippen LogP) is 2.03. The summed E-state index contributed by atoms with van der Waals surface area (Å²) < 4.78 is 4.79. The lowest BCUT2D eigenvalue weighted by molar-refractivity contribution is 0.102. The van der Waals surface area contributed by atoms with Gasteiger partial charge in [-0.3, -0.25) is 10.1 Å². The molecule has 94 valence electrons. The van der Waals surface area contributed by atoms with Gasteiger partial charge in [0.15, 0.2) is 0 Å². The molecule has 0 unspecified atom stereocenters. The number of nitrogens with zero attached hydrogens (tertiary/aromatic N) is 2. The number of hydrogen-bond donors (Lipinski definition) is 2. The van der Waals surface area contributed by atoms with E-state index in [2.05, 4.69) is 20.5 Å². The molecule has 2 rings (SSSR count). The standard InChI is InChI=1S/C11H11ClN4O2/c1-6-3-7(5-8(12)4-6)9(17)13-10-14-11(18-2)16-15-10/h3-5H,1-2H3,(H2,13,14,15,16,17). The Hall–Kier alpha value is -2.08. The number of H-pyrrole nitrogens is 1. The summed E-state index contributed by atoms with van der Waals surface area (Å²) in [4.78, 5) is 15.8. The number of aromatic amines is 1. The van der Waals surface area contributed by atoms with E-state index in [0.29, 0.717) is 10.6 Å². The Bertz CT molecular complexity index is 562. The molecule has 0 aliphatic heterocycles. The molecule has 0 aliphatic rings. The van der Waals surface area contributed by atoms with Crippen molar-refractivity contribution < 1.29 is 9.53 Å². The number of halogens is 1. The van der Waals surface area contributed by atoms with Gasteiger partial charge in [0, 0.05) is 10.6 Å². The van der Waals surface area contributed by atoms with Gasteiger partial charge >= 0.3 is 6.01 Å². The molecule has 7 heteroatoms. The number of carbonyl (C=O) groups excluding carboxylic acids is 1. The number of amides is 1. The number of carbonyl (C=O) groups is 1. The molecule has 6 nitrogen and oxygen atoms in total. The number of hydrogen-bond acceptors (Lipinski definition) is 4. The summed E-state index contributed by atoms with van der Waals surface area (Å²) >= 11 is 5.89. The zero-order chi connectivity index (χ0) is 13.1. The van der Waals surface area contributed by atoms with Crippen LogP contribution >= 0.6 is 11.6 Å². The van der Waals surface area contributed by atoms with Crippen LogP contribution in [0.1, 0.15) is 15.9 Å². The highest BCUT2D eigenvalue weighted by molar-refractivity contribution is 6.31. The van der Waals surface area contributed by atoms with Gasteiger partial charge in [0.2, 0.25) is 5.95 Å². The quantitative estimate of drug-likeness (QED) is 0.891. The predicted molar refractivity (Wildman–Crippen MR) is 67.1 cm³/mol. The van der Waals surface area contributed by atoms with Crippen LogP contribution in [0, 0.1) is 6.92 Å². The number of anilines is 1. The van der Waals surface area contributed by atoms with E-state index < -0.39 is 0 Å². The first-order valence-electron chi connectivity index (χ1n) is 5.13. The van der Waals surface area contributed by atoms with Gasteiger partial charge in [-0.15, -0.1) is 5.10 Å². The fourth-order valence-corrected chi connectivity index (χ4v) is 1.73. The summed E-state index contributed by atoms with van der Waals surface area (Å²) in [6, 6.07) is 5.25. The number of methoxy groups -OCH3 is 1. The monoisotopic (exact) mass is 266 g/mol. The minimum absolute atomic E-state index is 0.160. The molecule has 0 radical (unpaired) electrons. The summed E-state index contributed by atoms with van der Waals surface area (Å²) in [5, 5.41) is 9.32. The zero-order valence-corrected chi connectivity index (χ0v) is 10.6. The molecule has 1 aromatic heterocycles. The minimum Gasteiger partial charge on any atom is -0.466 e. The van der Waals surface area contributed by atoms with E-state index in [-0.39, 0.29) is 17.9 Å². The van der Waals surface area contributed by atoms with E-state index in [4.69, 9.17) is 16.3 Å². The Morgan fingerprint density at radius 2 is 2.22 bits per heavy atom. The first kappa shape index (κ1) is 12.4. The SMILES string of the molecule is COc1n[nH]c(NC(=O)c2cc(C)cc(Cl)c2)n1. The summed E-state index contributed by atoms with van der Waals surface area (Å²) in [5.41, 5.74) is 1.36. The molecule has 1 heterocycles. The molecule has 2 N–H and O–H groups in total. The second-order valence-electron chi connectivity index (χ2n) is 3.64. The first-order chi connectivity index (χ1) is 8.58. The van der Waals surface area contributed by atoms with Crippen LogP contribution < -0.4 is 10.1 Å². The second kappa shape index (κ2) is 5.05. The van der Waals surface area contributed by atoms with Crippen LogP contribution in [0.4, 0.5) is 5.95 Å². The maximum Gasteiger partial charge on any atom is 0.336 e. The molecule has 18 heavy (non-hydrogen) atoms. The number of rotatable bonds is 3. The average molecular weight is 267 g/mol. The average Bonchev–Trinajstić information content (AvgIpc) is 2.75. The molecule has 0 atom stereocenters. The van der Waals surface area contributed by atoms with Crippen molar-refractivity contribution in [1.82, 2.24) is 15.2 Å². The molecular formula is C11H11ClN4O2. The van der Waals surface area contributed by atoms with Crippen molar-refractivity contribution in [2.45, 2.75) is 6.92 Å². The van der Waals surface area contributed by atoms with Gasteiger partial charge in [0.05, 0.1) is 7.11 Å². The molecule has 1 aromatic carbocycles. The summed E-state index contributed by atoms with van der Waals surface area (Å²) in [5.74, 6) is -0.103. The van der Waals surface area contributed by atoms with Crippen molar-refractivity contribution in [3.05, 3.63) is 34.3 Å². The lowest BCUT2D eigenvalue weighted by Crippen LogP contribution is -2.13. The summed E-state index contributed by atoms with van der Waals surface area (Å²) in [6.45, 7) is 1.86. The molecule has 0 aliphatic carbocycles. The van der Waals surface area contributed by atoms with Crippen molar-refractivity contribution >= 4 is 23.5 Å². The number of nitrogens with one attached hydrogen (secondary N) is 2. The third kappa shape index (κ3) is 2.78. The number of aromatic nitrogens is 3. The second-order valence-corrected chi connectivity index (χ2v) is 4.08. The van der Waals surface area contributed by atoms with Crippen molar-refractivity contribution in [3.8, 4) is 6.01 Å². The van der Waals surface area contributed by atoms with Gasteiger partial charge in [-0.2, -0.15) is 4.98 Å². The maximum atomic E-state index is 11.9. The Morgan fingerprint density at radius 3 is 2.83 bits per heavy atom. The minimum atomic E-state index is -0.320. The van der Waals surface area contributed by atoms with Gasteiger partial charge in [0.1, 0.15) is 0 Å². The third-order valence-corrected chi connectivity index (χ3v) is 2.40. The van der Waals surface area contributed by atoms with Crippen LogP contribution in [0.2, 0.25) is 5.02 Å². The molecule has 0 fully saturated rings. The first-order valence-corrected chi connectivity index (χ1v) is 5.51. The summed E-state index contributed by atoms with van der Waals surface area (Å²) in [7, 11) is 1.44. The van der Waals surface area contributed by atoms with E-state index in [1.165, 1.54) is 7.11 Å². The van der Waals surface area contributed by atoms with Crippen LogP contribution in [0.5, 0.6) is 6.01 Å². The Balaban J connectivity index is 2.16. The highest BCUT2D eigenvalue weighted by Crippen LogP contribution is 2.15. The van der Waals surface area contributed by atoms with E-state index in [0.717, 1.165) is 5.56 Å². The molecule has 0 saturated heterocycles. The zero-order valence-electron chi connectivity index (χ0n) is 9.82. The molecule has 1 amide bonds. The largest absolute Gasteiger partial charge is 0.466 e. The van der Waals surface area contributed by atoms with Gasteiger partial charge in [0.25, 0.3) is 5.91 Å². The molecular weight excluding hydrogens is 256 g/mol. The maximum absolute atomic E-state index is 11.9. The van der Waals surface area contributed by atoms with Crippen molar-refractivity contribution in [2.75, 3.05) is 12.4 Å². The Morgan fingerprint density at radius 1 is 1.44 bits per heavy atom. The lowest BCUT2D eigenvalue weighted by Gasteiger charge is -2.03. The highest BCUT2D eigenvalue weighted by atomic mass is 35.5. The molecule has 2 aromatic rings. The van der Waals surface area contributed by atoms with E-state index in [1.807, 2.05) is 6.92 Å². The van der Waals surface area contributed by atoms with Crippen LogP contribution in [0.3, 0.4) is 0 Å². The fraction of sp³-hybridized carbons (Fsp3) is 0.182. The number of ether oxygens (including phenoxy) is 1. The number of aryl methyl sites for hydroxylation is 1. The van der Waals surface area contributed by atoms with Gasteiger partial charge < -0.3 is 4.74 Å². The molecule has 0 saturated carbocycles. The Labute approximate surface area is 108 Å². The highest BCUT2D eigenvalue weighted by Gasteiger charge is 2.10. The van der Waals surface area contributed by atoms with Gasteiger partial charge in [-0.1, -0.05) is 11.6 Å². The smallest absolute Gasteiger partial charge is 0.336 e. The van der Waals surface area contributed by atoms with E-state index in [1.54, 1.807) is 18.2 Å². The normalized spacial score (nSPS) is 10.2. The van der Waals surface area contributed by atoms with Gasteiger partial charge in [-0.25, -0.2) is 5.10 Å². The van der Waals surface area contributed by atoms with Crippen molar-refractivity contribution in [1.29, 1.82) is 0 Å².